The third-order valence-corrected chi connectivity index (χ3v) is 4.98. The van der Waals surface area contributed by atoms with Crippen LogP contribution >= 0.6 is 0 Å². The lowest BCUT2D eigenvalue weighted by Crippen LogP contribution is -2.47. The number of ether oxygens (including phenoxy) is 1. The Kier molecular flexibility index (Phi) is 6.34. The number of amides is 1. The second-order valence-electron chi connectivity index (χ2n) is 6.25. The summed E-state index contributed by atoms with van der Waals surface area (Å²) >= 11 is 0. The van der Waals surface area contributed by atoms with Gasteiger partial charge in [-0.1, -0.05) is 12.1 Å². The third kappa shape index (κ3) is 5.55. The molecule has 1 heterocycles. The van der Waals surface area contributed by atoms with Crippen molar-refractivity contribution >= 4 is 15.9 Å². The monoisotopic (exact) mass is 355 g/mol. The molecule has 24 heavy (non-hydrogen) atoms. The van der Waals surface area contributed by atoms with Crippen LogP contribution in [0.3, 0.4) is 0 Å². The van der Waals surface area contributed by atoms with Crippen molar-refractivity contribution in [2.24, 2.45) is 5.14 Å². The molecule has 0 spiro atoms. The summed E-state index contributed by atoms with van der Waals surface area (Å²) in [6.45, 7) is 6.90. The van der Waals surface area contributed by atoms with Gasteiger partial charge in [-0.25, -0.2) is 13.6 Å². The Morgan fingerprint density at radius 3 is 2.62 bits per heavy atom. The van der Waals surface area contributed by atoms with Gasteiger partial charge in [-0.05, 0) is 31.5 Å². The van der Waals surface area contributed by atoms with Gasteiger partial charge in [0.2, 0.25) is 15.9 Å². The maximum absolute atomic E-state index is 12.1. The van der Waals surface area contributed by atoms with E-state index in [1.165, 1.54) is 12.1 Å². The lowest BCUT2D eigenvalue weighted by Gasteiger charge is -2.35. The smallest absolute Gasteiger partial charge is 0.238 e. The van der Waals surface area contributed by atoms with Gasteiger partial charge in [-0.15, -0.1) is 0 Å². The molecule has 8 heteroatoms. The molecule has 3 N–H and O–H groups in total. The molecule has 0 aliphatic carbocycles. The third-order valence-electron chi connectivity index (χ3n) is 4.06. The molecule has 1 aromatic carbocycles. The summed E-state index contributed by atoms with van der Waals surface area (Å²) in [5.41, 5.74) is 0.809. The maximum Gasteiger partial charge on any atom is 0.238 e. The van der Waals surface area contributed by atoms with Crippen LogP contribution in [0.15, 0.2) is 29.2 Å². The summed E-state index contributed by atoms with van der Waals surface area (Å²) in [6, 6.07) is 6.58. The van der Waals surface area contributed by atoms with E-state index >= 15 is 0 Å². The average molecular weight is 355 g/mol. The van der Waals surface area contributed by atoms with Crippen molar-refractivity contribution in [3.63, 3.8) is 0 Å². The summed E-state index contributed by atoms with van der Waals surface area (Å²) in [5.74, 6) is -0.0823. The topological polar surface area (TPSA) is 102 Å². The Hall–Kier alpha value is -1.48. The predicted molar refractivity (Wildman–Crippen MR) is 90.7 cm³/mol. The molecule has 1 aliphatic rings. The number of nitrogens with two attached hydrogens (primary N) is 1. The minimum absolute atomic E-state index is 0.0574. The summed E-state index contributed by atoms with van der Waals surface area (Å²) in [4.78, 5) is 14.4. The first-order chi connectivity index (χ1) is 11.3. The first-order valence-corrected chi connectivity index (χ1v) is 9.54. The van der Waals surface area contributed by atoms with E-state index < -0.39 is 10.0 Å². The minimum Gasteiger partial charge on any atom is -0.375 e. The zero-order chi connectivity index (χ0) is 17.7. The number of rotatable bonds is 6. The van der Waals surface area contributed by atoms with E-state index in [1.807, 2.05) is 0 Å². The first-order valence-electron chi connectivity index (χ1n) is 8.00. The lowest BCUT2D eigenvalue weighted by molar-refractivity contribution is -0.126. The Labute approximate surface area is 143 Å². The number of primary sulfonamides is 1. The van der Waals surface area contributed by atoms with Crippen LogP contribution in [0.2, 0.25) is 0 Å². The van der Waals surface area contributed by atoms with Crippen LogP contribution in [-0.2, 0) is 26.1 Å². The van der Waals surface area contributed by atoms with Gasteiger partial charge in [0.15, 0.2) is 0 Å². The summed E-state index contributed by atoms with van der Waals surface area (Å²) in [6.07, 6.45) is 0.226. The number of nitrogens with zero attached hydrogens (tertiary/aromatic N) is 1. The highest BCUT2D eigenvalue weighted by Gasteiger charge is 2.24. The fourth-order valence-electron chi connectivity index (χ4n) is 2.61. The van der Waals surface area contributed by atoms with E-state index in [4.69, 9.17) is 9.88 Å². The second kappa shape index (κ2) is 8.06. The van der Waals surface area contributed by atoms with Crippen molar-refractivity contribution < 1.29 is 17.9 Å². The van der Waals surface area contributed by atoms with E-state index in [2.05, 4.69) is 24.1 Å². The van der Waals surface area contributed by atoms with Gasteiger partial charge >= 0.3 is 0 Å². The van der Waals surface area contributed by atoms with Crippen molar-refractivity contribution in [3.05, 3.63) is 29.8 Å². The second-order valence-corrected chi connectivity index (χ2v) is 7.81. The van der Waals surface area contributed by atoms with Crippen LogP contribution in [0.1, 0.15) is 25.8 Å². The van der Waals surface area contributed by atoms with Gasteiger partial charge in [0.1, 0.15) is 0 Å². The largest absolute Gasteiger partial charge is 0.375 e. The summed E-state index contributed by atoms with van der Waals surface area (Å²) < 4.78 is 28.0. The van der Waals surface area contributed by atoms with Gasteiger partial charge in [-0.3, -0.25) is 9.69 Å². The maximum atomic E-state index is 12.1. The van der Waals surface area contributed by atoms with E-state index in [-0.39, 0.29) is 16.9 Å². The molecule has 1 aromatic rings. The van der Waals surface area contributed by atoms with Crippen molar-refractivity contribution in [3.8, 4) is 0 Å². The zero-order valence-corrected chi connectivity index (χ0v) is 14.9. The molecule has 1 aliphatic heterocycles. The highest BCUT2D eigenvalue weighted by molar-refractivity contribution is 7.89. The van der Waals surface area contributed by atoms with Gasteiger partial charge in [0.05, 0.1) is 24.0 Å². The average Bonchev–Trinajstić information content (AvgIpc) is 2.53. The number of carbonyl (C=O) groups excluding carboxylic acids is 1. The molecular weight excluding hydrogens is 330 g/mol. The Morgan fingerprint density at radius 2 is 2.04 bits per heavy atom. The quantitative estimate of drug-likeness (QED) is 0.771. The van der Waals surface area contributed by atoms with Crippen molar-refractivity contribution in [2.45, 2.75) is 43.9 Å². The number of hydrogen-bond acceptors (Lipinski definition) is 5. The SMILES string of the molecule is CC(C)N1CCO[C@H](CC(=O)NCc2ccc(S(N)(=O)=O)cc2)C1. The molecule has 1 amide bonds. The number of sulfonamides is 1. The van der Waals surface area contributed by atoms with Crippen LogP contribution < -0.4 is 10.5 Å². The standard InChI is InChI=1S/C16H25N3O4S/c1-12(2)19-7-8-23-14(11-19)9-16(20)18-10-13-3-5-15(6-4-13)24(17,21)22/h3-6,12,14H,7-11H2,1-2H3,(H,18,20)(H2,17,21,22)/t14-/m1/s1. The van der Waals surface area contributed by atoms with E-state index in [1.54, 1.807) is 12.1 Å². The predicted octanol–water partition coefficient (Wildman–Crippen LogP) is 0.450. The molecule has 7 nitrogen and oxygen atoms in total. The highest BCUT2D eigenvalue weighted by atomic mass is 32.2. The van der Waals surface area contributed by atoms with Crippen LogP contribution in [-0.4, -0.2) is 51.1 Å². The van der Waals surface area contributed by atoms with E-state index in [9.17, 15) is 13.2 Å². The minimum atomic E-state index is -3.69. The summed E-state index contributed by atoms with van der Waals surface area (Å²) in [7, 11) is -3.69. The molecule has 0 bridgehead atoms. The van der Waals surface area contributed by atoms with Crippen LogP contribution in [0.5, 0.6) is 0 Å². The molecule has 1 fully saturated rings. The fraction of sp³-hybridized carbons (Fsp3) is 0.562. The molecule has 2 rings (SSSR count). The van der Waals surface area contributed by atoms with Gasteiger partial charge in [0, 0.05) is 25.7 Å². The highest BCUT2D eigenvalue weighted by Crippen LogP contribution is 2.12. The Bertz CT molecular complexity index is 658. The number of morpholine rings is 1. The molecular formula is C16H25N3O4S. The Morgan fingerprint density at radius 1 is 1.38 bits per heavy atom. The van der Waals surface area contributed by atoms with Crippen molar-refractivity contribution in [1.82, 2.24) is 10.2 Å². The normalized spacial score (nSPS) is 19.4. The summed E-state index contributed by atoms with van der Waals surface area (Å²) in [5, 5.41) is 7.88. The van der Waals surface area contributed by atoms with Gasteiger partial charge < -0.3 is 10.1 Å². The van der Waals surface area contributed by atoms with Gasteiger partial charge in [-0.2, -0.15) is 0 Å². The first kappa shape index (κ1) is 18.9. The van der Waals surface area contributed by atoms with Crippen LogP contribution in [0.25, 0.3) is 0 Å². The Balaban J connectivity index is 1.81. The zero-order valence-electron chi connectivity index (χ0n) is 14.1. The number of benzene rings is 1. The number of nitrogens with one attached hydrogen (secondary N) is 1. The van der Waals surface area contributed by atoms with Crippen molar-refractivity contribution in [1.29, 1.82) is 0 Å². The molecule has 0 radical (unpaired) electrons. The molecule has 0 unspecified atom stereocenters. The van der Waals surface area contributed by atoms with Crippen LogP contribution in [0.4, 0.5) is 0 Å². The van der Waals surface area contributed by atoms with E-state index in [0.29, 0.717) is 25.6 Å². The number of hydrogen-bond donors (Lipinski definition) is 2. The van der Waals surface area contributed by atoms with E-state index in [0.717, 1.165) is 18.7 Å². The molecule has 134 valence electrons. The number of carbonyl (C=O) groups is 1. The molecule has 0 saturated carbocycles. The molecule has 1 saturated heterocycles. The molecule has 0 aromatic heterocycles. The fourth-order valence-corrected chi connectivity index (χ4v) is 3.13. The van der Waals surface area contributed by atoms with Crippen molar-refractivity contribution in [2.75, 3.05) is 19.7 Å². The van der Waals surface area contributed by atoms with Crippen LogP contribution in [0, 0.1) is 0 Å². The molecule has 1 atom stereocenters. The lowest BCUT2D eigenvalue weighted by atomic mass is 10.1. The van der Waals surface area contributed by atoms with Gasteiger partial charge in [0.25, 0.3) is 0 Å².